The van der Waals surface area contributed by atoms with Crippen molar-refractivity contribution in [2.45, 2.75) is 20.1 Å². The minimum Gasteiger partial charge on any atom is -0.504 e. The van der Waals surface area contributed by atoms with Crippen molar-refractivity contribution in [1.29, 1.82) is 0 Å². The molecular weight excluding hydrogens is 392 g/mol. The average molecular weight is 417 g/mol. The molecule has 2 aromatic carbocycles. The lowest BCUT2D eigenvalue weighted by Crippen LogP contribution is -2.36. The average Bonchev–Trinajstić information content (AvgIpc) is 3.27. The molecule has 0 saturated carbocycles. The van der Waals surface area contributed by atoms with Crippen LogP contribution >= 0.6 is 11.6 Å². The number of carbonyl (C=O) groups is 1. The van der Waals surface area contributed by atoms with E-state index in [1.54, 1.807) is 61.9 Å². The summed E-state index contributed by atoms with van der Waals surface area (Å²) in [4.78, 5) is 12.8. The molecule has 6 heteroatoms. The van der Waals surface area contributed by atoms with Crippen molar-refractivity contribution < 1.29 is 23.7 Å². The largest absolute Gasteiger partial charge is 0.504 e. The molecule has 1 heterocycles. The molecule has 0 spiro atoms. The van der Waals surface area contributed by atoms with Crippen LogP contribution < -0.4 is 4.74 Å². The molecule has 0 amide bonds. The first kappa shape index (κ1) is 21.4. The number of halogens is 1. The van der Waals surface area contributed by atoms with Crippen molar-refractivity contribution in [1.82, 2.24) is 0 Å². The van der Waals surface area contributed by atoms with Gasteiger partial charge in [-0.1, -0.05) is 25.4 Å². The van der Waals surface area contributed by atoms with E-state index in [9.17, 15) is 4.79 Å². The van der Waals surface area contributed by atoms with Crippen LogP contribution in [0.1, 0.15) is 35.3 Å². The van der Waals surface area contributed by atoms with Crippen LogP contribution in [-0.4, -0.2) is 39.0 Å². The summed E-state index contributed by atoms with van der Waals surface area (Å²) in [6.45, 7) is 5.66. The number of hydrogen-bond donors (Lipinski definition) is 0. The van der Waals surface area contributed by atoms with Crippen LogP contribution in [-0.2, 0) is 14.2 Å². The van der Waals surface area contributed by atoms with Crippen LogP contribution in [0.3, 0.4) is 0 Å². The quantitative estimate of drug-likeness (QED) is 0.449. The summed E-state index contributed by atoms with van der Waals surface area (Å²) < 4.78 is 22.4. The van der Waals surface area contributed by atoms with Gasteiger partial charge in [0.1, 0.15) is 5.75 Å². The second-order valence-electron chi connectivity index (χ2n) is 7.48. The molecule has 0 aliphatic carbocycles. The van der Waals surface area contributed by atoms with Gasteiger partial charge in [0.25, 0.3) is 0 Å². The highest BCUT2D eigenvalue weighted by Gasteiger charge is 2.35. The molecule has 29 heavy (non-hydrogen) atoms. The Morgan fingerprint density at radius 1 is 1.14 bits per heavy atom. The molecule has 1 saturated heterocycles. The number of carbonyl (C=O) groups excluding carboxylic acids is 1. The van der Waals surface area contributed by atoms with Crippen molar-refractivity contribution >= 4 is 23.5 Å². The fraction of sp³-hybridized carbons (Fsp3) is 0.348. The molecule has 0 atom stereocenters. The lowest BCUT2D eigenvalue weighted by molar-refractivity contribution is -0.131. The maximum atomic E-state index is 12.8. The first-order valence-corrected chi connectivity index (χ1v) is 9.78. The molecule has 154 valence electrons. The molecule has 0 bridgehead atoms. The maximum absolute atomic E-state index is 12.8. The number of methoxy groups -OCH3 is 1. The van der Waals surface area contributed by atoms with Gasteiger partial charge in [-0.15, -0.1) is 0 Å². The van der Waals surface area contributed by atoms with E-state index in [-0.39, 0.29) is 17.5 Å². The Hall–Kier alpha value is -2.34. The van der Waals surface area contributed by atoms with E-state index in [0.29, 0.717) is 41.7 Å². The zero-order valence-electron chi connectivity index (χ0n) is 16.8. The second kappa shape index (κ2) is 9.44. The van der Waals surface area contributed by atoms with E-state index in [1.165, 1.54) is 0 Å². The molecule has 1 aliphatic rings. The molecule has 0 N–H and O–H groups in total. The monoisotopic (exact) mass is 416 g/mol. The van der Waals surface area contributed by atoms with Gasteiger partial charge in [-0.3, -0.25) is 4.79 Å². The third kappa shape index (κ3) is 5.38. The minimum absolute atomic E-state index is 0.0895. The third-order valence-corrected chi connectivity index (χ3v) is 4.87. The first-order valence-electron chi connectivity index (χ1n) is 9.40. The zero-order valence-corrected chi connectivity index (χ0v) is 17.6. The van der Waals surface area contributed by atoms with Crippen molar-refractivity contribution in [2.24, 2.45) is 5.41 Å². The Morgan fingerprint density at radius 2 is 1.79 bits per heavy atom. The maximum Gasteiger partial charge on any atom is 0.193 e. The lowest BCUT2D eigenvalue weighted by atomic mass is 9.94. The molecule has 3 rings (SSSR count). The van der Waals surface area contributed by atoms with Gasteiger partial charge in [0.15, 0.2) is 12.1 Å². The smallest absolute Gasteiger partial charge is 0.193 e. The molecule has 0 radical (unpaired) electrons. The van der Waals surface area contributed by atoms with Gasteiger partial charge in [-0.05, 0) is 48.5 Å². The van der Waals surface area contributed by atoms with E-state index in [1.807, 2.05) is 13.8 Å². The highest BCUT2D eigenvalue weighted by molar-refractivity contribution is 6.30. The van der Waals surface area contributed by atoms with Gasteiger partial charge in [0.2, 0.25) is 0 Å². The minimum atomic E-state index is -0.323. The molecule has 5 nitrogen and oxygen atoms in total. The van der Waals surface area contributed by atoms with Crippen LogP contribution in [0.25, 0.3) is 6.08 Å². The topological polar surface area (TPSA) is 54.0 Å². The van der Waals surface area contributed by atoms with Gasteiger partial charge in [-0.2, -0.15) is 0 Å². The molecule has 0 aromatic heterocycles. The summed E-state index contributed by atoms with van der Waals surface area (Å²) in [5.74, 6) is 0.561. The first-order chi connectivity index (χ1) is 13.9. The predicted molar refractivity (Wildman–Crippen MR) is 112 cm³/mol. The van der Waals surface area contributed by atoms with E-state index < -0.39 is 0 Å². The molecule has 2 aromatic rings. The third-order valence-electron chi connectivity index (χ3n) is 4.62. The van der Waals surface area contributed by atoms with Crippen LogP contribution in [0.2, 0.25) is 5.02 Å². The van der Waals surface area contributed by atoms with Crippen LogP contribution in [0, 0.1) is 5.41 Å². The van der Waals surface area contributed by atoms with E-state index in [2.05, 4.69) is 0 Å². The molecule has 0 unspecified atom stereocenters. The lowest BCUT2D eigenvalue weighted by Gasteiger charge is -2.29. The summed E-state index contributed by atoms with van der Waals surface area (Å²) in [7, 11) is 1.57. The molecule has 1 aliphatic heterocycles. The summed E-state index contributed by atoms with van der Waals surface area (Å²) in [5, 5.41) is 0.590. The SMILES string of the molecule is CO/C=C\c1cc(C(=O)c2ccc(Cl)cc2)ccc1OCC(C)(C)C1OCCO1. The van der Waals surface area contributed by atoms with E-state index in [4.69, 9.17) is 30.5 Å². The highest BCUT2D eigenvalue weighted by Crippen LogP contribution is 2.30. The van der Waals surface area contributed by atoms with Gasteiger partial charge in [-0.25, -0.2) is 0 Å². The van der Waals surface area contributed by atoms with E-state index >= 15 is 0 Å². The van der Waals surface area contributed by atoms with Gasteiger partial charge in [0.05, 0.1) is 33.2 Å². The Balaban J connectivity index is 1.81. The summed E-state index contributed by atoms with van der Waals surface area (Å²) in [6.07, 6.45) is 3.02. The standard InChI is InChI=1S/C23H25ClO5/c1-23(2,22-27-12-13-28-22)15-29-20-9-6-18(14-17(20)10-11-26-3)21(25)16-4-7-19(24)8-5-16/h4-11,14,22H,12-13,15H2,1-3H3/b11-10-. The summed E-state index contributed by atoms with van der Waals surface area (Å²) in [5.41, 5.74) is 1.55. The van der Waals surface area contributed by atoms with Crippen molar-refractivity contribution in [2.75, 3.05) is 26.9 Å². The van der Waals surface area contributed by atoms with Gasteiger partial charge >= 0.3 is 0 Å². The number of ketones is 1. The number of rotatable bonds is 8. The molecular formula is C23H25ClO5. The van der Waals surface area contributed by atoms with Crippen LogP contribution in [0.15, 0.2) is 48.7 Å². The van der Waals surface area contributed by atoms with Crippen molar-refractivity contribution in [3.8, 4) is 5.75 Å². The van der Waals surface area contributed by atoms with Gasteiger partial charge < -0.3 is 18.9 Å². The van der Waals surface area contributed by atoms with Gasteiger partial charge in [0, 0.05) is 27.1 Å². The predicted octanol–water partition coefficient (Wildman–Crippen LogP) is 4.97. The van der Waals surface area contributed by atoms with Crippen LogP contribution in [0.5, 0.6) is 5.75 Å². The highest BCUT2D eigenvalue weighted by atomic mass is 35.5. The number of hydrogen-bond acceptors (Lipinski definition) is 5. The van der Waals surface area contributed by atoms with Crippen molar-refractivity contribution in [3.63, 3.8) is 0 Å². The van der Waals surface area contributed by atoms with Crippen molar-refractivity contribution in [3.05, 3.63) is 70.4 Å². The number of benzene rings is 2. The Morgan fingerprint density at radius 3 is 2.45 bits per heavy atom. The summed E-state index contributed by atoms with van der Waals surface area (Å²) in [6, 6.07) is 12.2. The summed E-state index contributed by atoms with van der Waals surface area (Å²) >= 11 is 5.92. The number of ether oxygens (including phenoxy) is 4. The normalized spacial score (nSPS) is 15.0. The Bertz CT molecular complexity index is 867. The van der Waals surface area contributed by atoms with Crippen LogP contribution in [0.4, 0.5) is 0 Å². The molecule has 1 fully saturated rings. The fourth-order valence-electron chi connectivity index (χ4n) is 3.00. The Kier molecular flexibility index (Phi) is 6.96. The zero-order chi connectivity index (χ0) is 20.9. The van der Waals surface area contributed by atoms with E-state index in [0.717, 1.165) is 5.56 Å². The fourth-order valence-corrected chi connectivity index (χ4v) is 3.13. The second-order valence-corrected chi connectivity index (χ2v) is 7.91. The Labute approximate surface area is 176 Å².